The fourth-order valence-electron chi connectivity index (χ4n) is 1.43. The summed E-state index contributed by atoms with van der Waals surface area (Å²) in [4.78, 5) is 11.3. The Balaban J connectivity index is 2.23. The molecular weight excluding hydrogens is 216 g/mol. The van der Waals surface area contributed by atoms with Crippen LogP contribution in [0.4, 0.5) is 0 Å². The number of Topliss-reactive ketones (excluding diaryl/α,β-unsaturated/α-hetero) is 1. The predicted octanol–water partition coefficient (Wildman–Crippen LogP) is 0.613. The molecule has 6 heteroatoms. The average Bonchev–Trinajstić information content (AvgIpc) is 3.08. The summed E-state index contributed by atoms with van der Waals surface area (Å²) in [6.07, 6.45) is 1.09. The van der Waals surface area contributed by atoms with Gasteiger partial charge in [-0.25, -0.2) is 0 Å². The van der Waals surface area contributed by atoms with Gasteiger partial charge in [0.25, 0.3) is 0 Å². The molecule has 0 saturated carbocycles. The van der Waals surface area contributed by atoms with Crippen LogP contribution in [0, 0.1) is 0 Å². The number of epoxide rings is 1. The molecule has 1 fully saturated rings. The van der Waals surface area contributed by atoms with E-state index in [1.54, 1.807) is 21.3 Å². The molecule has 1 saturated heterocycles. The van der Waals surface area contributed by atoms with Gasteiger partial charge in [-0.05, 0) is 6.42 Å². The first-order valence-corrected chi connectivity index (χ1v) is 6.90. The van der Waals surface area contributed by atoms with Crippen LogP contribution >= 0.6 is 0 Å². The third-order valence-electron chi connectivity index (χ3n) is 2.53. The topological polar surface area (TPSA) is 57.3 Å². The summed E-state index contributed by atoms with van der Waals surface area (Å²) in [6.45, 7) is 0.584. The molecule has 15 heavy (non-hydrogen) atoms. The van der Waals surface area contributed by atoms with Gasteiger partial charge < -0.3 is 18.0 Å². The van der Waals surface area contributed by atoms with Crippen LogP contribution in [0.3, 0.4) is 0 Å². The normalized spacial score (nSPS) is 20.3. The Kier molecular flexibility index (Phi) is 4.87. The highest BCUT2D eigenvalue weighted by Gasteiger charge is 2.38. The largest absolute Gasteiger partial charge is 0.500 e. The van der Waals surface area contributed by atoms with E-state index in [1.165, 1.54) is 0 Å². The molecule has 5 nitrogen and oxygen atoms in total. The van der Waals surface area contributed by atoms with Crippen LogP contribution < -0.4 is 0 Å². The zero-order valence-corrected chi connectivity index (χ0v) is 10.4. The minimum atomic E-state index is -2.49. The first-order chi connectivity index (χ1) is 7.17. The molecule has 0 bridgehead atoms. The minimum absolute atomic E-state index is 0.145. The number of hydrogen-bond acceptors (Lipinski definition) is 5. The summed E-state index contributed by atoms with van der Waals surface area (Å²) in [5.41, 5.74) is 0. The molecule has 0 aromatic rings. The van der Waals surface area contributed by atoms with Gasteiger partial charge in [-0.1, -0.05) is 0 Å². The minimum Gasteiger partial charge on any atom is -0.377 e. The summed E-state index contributed by atoms with van der Waals surface area (Å²) in [7, 11) is 2.23. The fourth-order valence-corrected chi connectivity index (χ4v) is 3.15. The quantitative estimate of drug-likeness (QED) is 0.455. The first-order valence-electron chi connectivity index (χ1n) is 4.97. The fraction of sp³-hybridized carbons (Fsp3) is 0.889. The van der Waals surface area contributed by atoms with Gasteiger partial charge in [0.2, 0.25) is 0 Å². The first kappa shape index (κ1) is 12.8. The van der Waals surface area contributed by atoms with Crippen molar-refractivity contribution in [3.8, 4) is 0 Å². The van der Waals surface area contributed by atoms with Crippen LogP contribution in [0.1, 0.15) is 12.8 Å². The van der Waals surface area contributed by atoms with Crippen LogP contribution in [0.5, 0.6) is 0 Å². The molecule has 0 amide bonds. The SMILES string of the molecule is CO[Si](CCCC(=O)C1CO1)(OC)OC. The van der Waals surface area contributed by atoms with E-state index in [9.17, 15) is 4.79 Å². The van der Waals surface area contributed by atoms with Gasteiger partial charge in [-0.15, -0.1) is 0 Å². The molecule has 0 aliphatic carbocycles. The predicted molar refractivity (Wildman–Crippen MR) is 55.6 cm³/mol. The van der Waals surface area contributed by atoms with Crippen molar-refractivity contribution in [1.82, 2.24) is 0 Å². The molecule has 1 aliphatic heterocycles. The molecule has 0 aromatic carbocycles. The molecule has 1 atom stereocenters. The lowest BCUT2D eigenvalue weighted by Gasteiger charge is -2.23. The van der Waals surface area contributed by atoms with E-state index in [0.29, 0.717) is 19.1 Å². The second kappa shape index (κ2) is 5.71. The van der Waals surface area contributed by atoms with Gasteiger partial charge in [0, 0.05) is 33.8 Å². The zero-order valence-electron chi connectivity index (χ0n) is 9.45. The Bertz CT molecular complexity index is 204. The van der Waals surface area contributed by atoms with E-state index in [0.717, 1.165) is 6.42 Å². The molecule has 0 aromatic heterocycles. The highest BCUT2D eigenvalue weighted by molar-refractivity contribution is 6.60. The molecular formula is C9H18O5Si. The van der Waals surface area contributed by atoms with Gasteiger partial charge >= 0.3 is 8.80 Å². The summed E-state index contributed by atoms with van der Waals surface area (Å²) in [5.74, 6) is 0.168. The molecule has 1 rings (SSSR count). The van der Waals surface area contributed by atoms with Crippen molar-refractivity contribution in [2.24, 2.45) is 0 Å². The van der Waals surface area contributed by atoms with E-state index in [2.05, 4.69) is 0 Å². The van der Waals surface area contributed by atoms with E-state index < -0.39 is 8.80 Å². The maximum atomic E-state index is 11.3. The number of carbonyl (C=O) groups is 1. The summed E-state index contributed by atoms with van der Waals surface area (Å²) in [6, 6.07) is 0.662. The van der Waals surface area contributed by atoms with E-state index in [-0.39, 0.29) is 11.9 Å². The number of hydrogen-bond donors (Lipinski definition) is 0. The molecule has 88 valence electrons. The van der Waals surface area contributed by atoms with Crippen molar-refractivity contribution < 1.29 is 22.8 Å². The number of ether oxygens (including phenoxy) is 1. The van der Waals surface area contributed by atoms with Crippen LogP contribution in [0.25, 0.3) is 0 Å². The Morgan fingerprint density at radius 3 is 2.27 bits per heavy atom. The summed E-state index contributed by atoms with van der Waals surface area (Å²) >= 11 is 0. The molecule has 0 N–H and O–H groups in total. The molecule has 1 aliphatic rings. The summed E-state index contributed by atoms with van der Waals surface area (Å²) in [5, 5.41) is 0. The van der Waals surface area contributed by atoms with Gasteiger partial charge in [0.15, 0.2) is 5.78 Å². The van der Waals surface area contributed by atoms with Crippen molar-refractivity contribution >= 4 is 14.6 Å². The van der Waals surface area contributed by atoms with Crippen molar-refractivity contribution in [3.63, 3.8) is 0 Å². The van der Waals surface area contributed by atoms with Crippen molar-refractivity contribution in [2.45, 2.75) is 25.0 Å². The highest BCUT2D eigenvalue weighted by Crippen LogP contribution is 2.19. The van der Waals surface area contributed by atoms with Crippen LogP contribution in [0.2, 0.25) is 6.04 Å². The van der Waals surface area contributed by atoms with Crippen LogP contribution in [0.15, 0.2) is 0 Å². The van der Waals surface area contributed by atoms with Crippen LogP contribution in [-0.2, 0) is 22.8 Å². The lowest BCUT2D eigenvalue weighted by Crippen LogP contribution is -2.42. The second-order valence-corrected chi connectivity index (χ2v) is 6.53. The smallest absolute Gasteiger partial charge is 0.377 e. The molecule has 1 heterocycles. The Labute approximate surface area is 91.0 Å². The van der Waals surface area contributed by atoms with Gasteiger partial charge in [-0.2, -0.15) is 0 Å². The van der Waals surface area contributed by atoms with Crippen molar-refractivity contribution in [3.05, 3.63) is 0 Å². The van der Waals surface area contributed by atoms with Crippen LogP contribution in [-0.4, -0.2) is 48.6 Å². The van der Waals surface area contributed by atoms with E-state index in [4.69, 9.17) is 18.0 Å². The monoisotopic (exact) mass is 234 g/mol. The highest BCUT2D eigenvalue weighted by atomic mass is 28.4. The lowest BCUT2D eigenvalue weighted by molar-refractivity contribution is -0.120. The Morgan fingerprint density at radius 2 is 1.87 bits per heavy atom. The third-order valence-corrected chi connectivity index (χ3v) is 5.36. The Morgan fingerprint density at radius 1 is 1.33 bits per heavy atom. The number of ketones is 1. The zero-order chi connectivity index (χ0) is 11.3. The summed E-state index contributed by atoms with van der Waals surface area (Å²) < 4.78 is 20.6. The molecule has 0 radical (unpaired) electrons. The average molecular weight is 234 g/mol. The maximum Gasteiger partial charge on any atom is 0.500 e. The van der Waals surface area contributed by atoms with Crippen molar-refractivity contribution in [2.75, 3.05) is 27.9 Å². The van der Waals surface area contributed by atoms with Gasteiger partial charge in [0.1, 0.15) is 6.10 Å². The van der Waals surface area contributed by atoms with Crippen molar-refractivity contribution in [1.29, 1.82) is 0 Å². The van der Waals surface area contributed by atoms with Gasteiger partial charge in [-0.3, -0.25) is 4.79 Å². The standard InChI is InChI=1S/C9H18O5Si/c1-11-15(12-2,13-3)6-4-5-8(10)9-7-14-9/h9H,4-7H2,1-3H3. The third kappa shape index (κ3) is 3.65. The molecule has 0 spiro atoms. The van der Waals surface area contributed by atoms with E-state index in [1.807, 2.05) is 0 Å². The second-order valence-electron chi connectivity index (χ2n) is 3.44. The number of rotatable bonds is 8. The lowest BCUT2D eigenvalue weighted by atomic mass is 10.2. The number of carbonyl (C=O) groups excluding carboxylic acids is 1. The maximum absolute atomic E-state index is 11.3. The van der Waals surface area contributed by atoms with E-state index >= 15 is 0 Å². The molecule has 1 unspecified atom stereocenters. The van der Waals surface area contributed by atoms with Gasteiger partial charge in [0.05, 0.1) is 6.61 Å². The Hall–Kier alpha value is -0.273.